The number of piperidine rings is 1. The predicted molar refractivity (Wildman–Crippen MR) is 81.4 cm³/mol. The van der Waals surface area contributed by atoms with E-state index in [9.17, 15) is 0 Å². The van der Waals surface area contributed by atoms with Gasteiger partial charge in [-0.25, -0.2) is 0 Å². The number of hydrogen-bond acceptors (Lipinski definition) is 2. The monoisotopic (exact) mass is 264 g/mol. The first kappa shape index (κ1) is 13.9. The molecule has 2 saturated carbocycles. The standard InChI is InChI=1S/C17H32N2/c1-18-16(14-7-2-3-8-14)13-19-12-6-10-15-9-4-5-11-17(15)19/h14-18H,2-13H2,1H3. The van der Waals surface area contributed by atoms with Gasteiger partial charge in [-0.05, 0) is 64.0 Å². The molecule has 0 aromatic rings. The quantitative estimate of drug-likeness (QED) is 0.837. The van der Waals surface area contributed by atoms with Crippen LogP contribution in [0.15, 0.2) is 0 Å². The van der Waals surface area contributed by atoms with Crippen molar-refractivity contribution in [3.63, 3.8) is 0 Å². The van der Waals surface area contributed by atoms with Crippen LogP contribution in [0.5, 0.6) is 0 Å². The highest BCUT2D eigenvalue weighted by molar-refractivity contribution is 4.91. The van der Waals surface area contributed by atoms with Gasteiger partial charge in [0.1, 0.15) is 0 Å². The molecule has 2 aliphatic carbocycles. The van der Waals surface area contributed by atoms with Crippen LogP contribution in [0.3, 0.4) is 0 Å². The molecule has 0 bridgehead atoms. The average molecular weight is 264 g/mol. The van der Waals surface area contributed by atoms with Crippen molar-refractivity contribution in [3.8, 4) is 0 Å². The Labute approximate surface area is 119 Å². The summed E-state index contributed by atoms with van der Waals surface area (Å²) in [6, 6.07) is 1.68. The van der Waals surface area contributed by atoms with Crippen molar-refractivity contribution < 1.29 is 0 Å². The summed E-state index contributed by atoms with van der Waals surface area (Å²) in [6.07, 6.45) is 14.8. The summed E-state index contributed by atoms with van der Waals surface area (Å²) in [5.41, 5.74) is 0. The van der Waals surface area contributed by atoms with Crippen LogP contribution in [0.2, 0.25) is 0 Å². The molecule has 3 unspecified atom stereocenters. The second-order valence-electron chi connectivity index (χ2n) is 7.19. The molecule has 1 saturated heterocycles. The predicted octanol–water partition coefficient (Wildman–Crippen LogP) is 3.42. The maximum Gasteiger partial charge on any atom is 0.0220 e. The highest BCUT2D eigenvalue weighted by atomic mass is 15.2. The van der Waals surface area contributed by atoms with Crippen LogP contribution in [0.1, 0.15) is 64.2 Å². The SMILES string of the molecule is CNC(CN1CCCC2CCCCC21)C1CCCC1. The van der Waals surface area contributed by atoms with Crippen molar-refractivity contribution in [1.82, 2.24) is 10.2 Å². The van der Waals surface area contributed by atoms with Gasteiger partial charge >= 0.3 is 0 Å². The van der Waals surface area contributed by atoms with E-state index in [4.69, 9.17) is 0 Å². The second-order valence-corrected chi connectivity index (χ2v) is 7.19. The van der Waals surface area contributed by atoms with Crippen LogP contribution in [0, 0.1) is 11.8 Å². The molecular weight excluding hydrogens is 232 g/mol. The third-order valence-corrected chi connectivity index (χ3v) is 6.13. The molecule has 0 radical (unpaired) electrons. The van der Waals surface area contributed by atoms with E-state index in [1.807, 2.05) is 0 Å². The maximum atomic E-state index is 3.65. The van der Waals surface area contributed by atoms with E-state index in [-0.39, 0.29) is 0 Å². The van der Waals surface area contributed by atoms with E-state index >= 15 is 0 Å². The van der Waals surface area contributed by atoms with Gasteiger partial charge in [-0.1, -0.05) is 25.7 Å². The van der Waals surface area contributed by atoms with Crippen LogP contribution in [0.25, 0.3) is 0 Å². The van der Waals surface area contributed by atoms with Gasteiger partial charge < -0.3 is 5.32 Å². The largest absolute Gasteiger partial charge is 0.315 e. The molecule has 1 N–H and O–H groups in total. The molecule has 1 aliphatic heterocycles. The summed E-state index contributed by atoms with van der Waals surface area (Å²) in [4.78, 5) is 2.87. The average Bonchev–Trinajstić information content (AvgIpc) is 2.99. The van der Waals surface area contributed by atoms with Crippen LogP contribution in [-0.4, -0.2) is 37.1 Å². The molecule has 1 heterocycles. The fourth-order valence-corrected chi connectivity index (χ4v) is 5.04. The minimum Gasteiger partial charge on any atom is -0.315 e. The highest BCUT2D eigenvalue weighted by Crippen LogP contribution is 2.36. The molecule has 2 nitrogen and oxygen atoms in total. The Morgan fingerprint density at radius 2 is 1.63 bits per heavy atom. The Bertz CT molecular complexity index is 270. The third-order valence-electron chi connectivity index (χ3n) is 6.13. The molecule has 3 fully saturated rings. The van der Waals surface area contributed by atoms with E-state index in [1.165, 1.54) is 77.3 Å². The Balaban J connectivity index is 1.59. The first-order chi connectivity index (χ1) is 9.38. The lowest BCUT2D eigenvalue weighted by atomic mass is 9.78. The molecule has 3 rings (SSSR count). The lowest BCUT2D eigenvalue weighted by Crippen LogP contribution is -2.52. The first-order valence-corrected chi connectivity index (χ1v) is 8.80. The lowest BCUT2D eigenvalue weighted by molar-refractivity contribution is 0.0477. The minimum atomic E-state index is 0.753. The number of hydrogen-bond donors (Lipinski definition) is 1. The number of rotatable bonds is 4. The summed E-state index contributed by atoms with van der Waals surface area (Å²) < 4.78 is 0. The topological polar surface area (TPSA) is 15.3 Å². The van der Waals surface area contributed by atoms with Crippen LogP contribution in [0.4, 0.5) is 0 Å². The summed E-state index contributed by atoms with van der Waals surface area (Å²) in [5.74, 6) is 1.98. The molecule has 0 aromatic carbocycles. The van der Waals surface area contributed by atoms with E-state index in [0.717, 1.165) is 23.9 Å². The van der Waals surface area contributed by atoms with E-state index in [2.05, 4.69) is 17.3 Å². The van der Waals surface area contributed by atoms with Gasteiger partial charge in [0, 0.05) is 18.6 Å². The molecule has 3 atom stereocenters. The number of nitrogens with one attached hydrogen (secondary N) is 1. The van der Waals surface area contributed by atoms with Crippen LogP contribution in [-0.2, 0) is 0 Å². The van der Waals surface area contributed by atoms with Gasteiger partial charge in [-0.2, -0.15) is 0 Å². The highest BCUT2D eigenvalue weighted by Gasteiger charge is 2.35. The summed E-state index contributed by atoms with van der Waals surface area (Å²) >= 11 is 0. The van der Waals surface area contributed by atoms with Crippen LogP contribution < -0.4 is 5.32 Å². The molecule has 110 valence electrons. The van der Waals surface area contributed by atoms with Crippen molar-refractivity contribution in [2.45, 2.75) is 76.3 Å². The Morgan fingerprint density at radius 3 is 2.42 bits per heavy atom. The smallest absolute Gasteiger partial charge is 0.0220 e. The maximum absolute atomic E-state index is 3.65. The molecule has 3 aliphatic rings. The van der Waals surface area contributed by atoms with Crippen molar-refractivity contribution in [1.29, 1.82) is 0 Å². The fraction of sp³-hybridized carbons (Fsp3) is 1.00. The van der Waals surface area contributed by atoms with Gasteiger partial charge in [0.15, 0.2) is 0 Å². The summed E-state index contributed by atoms with van der Waals surface area (Å²) in [7, 11) is 2.19. The number of likely N-dealkylation sites (tertiary alicyclic amines) is 1. The van der Waals surface area contributed by atoms with Gasteiger partial charge in [-0.3, -0.25) is 4.90 Å². The van der Waals surface area contributed by atoms with E-state index in [1.54, 1.807) is 0 Å². The molecule has 19 heavy (non-hydrogen) atoms. The van der Waals surface area contributed by atoms with E-state index in [0.29, 0.717) is 0 Å². The van der Waals surface area contributed by atoms with Gasteiger partial charge in [0.05, 0.1) is 0 Å². The number of fused-ring (bicyclic) bond motifs is 1. The Kier molecular flexibility index (Phi) is 4.81. The zero-order valence-corrected chi connectivity index (χ0v) is 12.7. The molecule has 0 aromatic heterocycles. The zero-order chi connectivity index (χ0) is 13.1. The van der Waals surface area contributed by atoms with Crippen molar-refractivity contribution in [2.75, 3.05) is 20.1 Å². The van der Waals surface area contributed by atoms with Crippen LogP contribution >= 0.6 is 0 Å². The van der Waals surface area contributed by atoms with Gasteiger partial charge in [-0.15, -0.1) is 0 Å². The first-order valence-electron chi connectivity index (χ1n) is 8.80. The number of nitrogens with zero attached hydrogens (tertiary/aromatic N) is 1. The normalized spacial score (nSPS) is 35.2. The summed E-state index contributed by atoms with van der Waals surface area (Å²) in [5, 5.41) is 3.65. The Hall–Kier alpha value is -0.0800. The fourth-order valence-electron chi connectivity index (χ4n) is 5.04. The van der Waals surface area contributed by atoms with Gasteiger partial charge in [0.2, 0.25) is 0 Å². The van der Waals surface area contributed by atoms with Crippen molar-refractivity contribution in [3.05, 3.63) is 0 Å². The zero-order valence-electron chi connectivity index (χ0n) is 12.7. The molecule has 0 amide bonds. The molecular formula is C17H32N2. The third kappa shape index (κ3) is 3.16. The van der Waals surface area contributed by atoms with Gasteiger partial charge in [0.25, 0.3) is 0 Å². The van der Waals surface area contributed by atoms with E-state index < -0.39 is 0 Å². The molecule has 2 heteroatoms. The second kappa shape index (κ2) is 6.58. The van der Waals surface area contributed by atoms with Crippen molar-refractivity contribution in [2.24, 2.45) is 11.8 Å². The summed E-state index contributed by atoms with van der Waals surface area (Å²) in [6.45, 7) is 2.69. The Morgan fingerprint density at radius 1 is 0.947 bits per heavy atom. The number of likely N-dealkylation sites (N-methyl/N-ethyl adjacent to an activating group) is 1. The minimum absolute atomic E-state index is 0.753. The van der Waals surface area contributed by atoms with Crippen molar-refractivity contribution >= 4 is 0 Å². The molecule has 0 spiro atoms. The lowest BCUT2D eigenvalue weighted by Gasteiger charge is -2.46.